The average molecular weight is 134 g/mol. The van der Waals surface area contributed by atoms with Gasteiger partial charge in [-0.05, 0) is 19.8 Å². The van der Waals surface area contributed by atoms with Gasteiger partial charge in [-0.1, -0.05) is 11.6 Å². The van der Waals surface area contributed by atoms with E-state index in [1.165, 1.54) is 24.4 Å². The van der Waals surface area contributed by atoms with Crippen LogP contribution < -0.4 is 0 Å². The molecule has 0 saturated heterocycles. The number of ether oxygens (including phenoxy) is 1. The Labute approximate surface area is 60.4 Å². The molecule has 3 aliphatic rings. The van der Waals surface area contributed by atoms with E-state index in [-0.39, 0.29) is 0 Å². The van der Waals surface area contributed by atoms with Crippen molar-refractivity contribution in [3.63, 3.8) is 0 Å². The van der Waals surface area contributed by atoms with Gasteiger partial charge in [0.2, 0.25) is 0 Å². The molecule has 0 aromatic rings. The Hall–Kier alpha value is -0.720. The fourth-order valence-electron chi connectivity index (χ4n) is 2.36. The van der Waals surface area contributed by atoms with E-state index in [9.17, 15) is 0 Å². The van der Waals surface area contributed by atoms with E-state index >= 15 is 0 Å². The van der Waals surface area contributed by atoms with E-state index in [4.69, 9.17) is 4.74 Å². The second-order valence-corrected chi connectivity index (χ2v) is 3.38. The van der Waals surface area contributed by atoms with Gasteiger partial charge < -0.3 is 4.74 Å². The highest BCUT2D eigenvalue weighted by Gasteiger charge is 2.52. The molecule has 0 spiro atoms. The minimum atomic E-state index is 0.713. The lowest BCUT2D eigenvalue weighted by Crippen LogP contribution is -1.93. The first-order valence-electron chi connectivity index (χ1n) is 3.97. The Morgan fingerprint density at radius 1 is 1.50 bits per heavy atom. The van der Waals surface area contributed by atoms with Crippen molar-refractivity contribution >= 4 is 0 Å². The number of hydrogen-bond donors (Lipinski definition) is 0. The topological polar surface area (TPSA) is 12.5 Å². The monoisotopic (exact) mass is 134 g/mol. The molecular formula is C9H10O. The van der Waals surface area contributed by atoms with Crippen LogP contribution in [0.2, 0.25) is 0 Å². The molecule has 1 aliphatic heterocycles. The number of fused-ring (bicyclic) bond motifs is 4. The van der Waals surface area contributed by atoms with Crippen LogP contribution in [0.15, 0.2) is 23.2 Å². The molecular weight excluding hydrogens is 124 g/mol. The Morgan fingerprint density at radius 3 is 3.00 bits per heavy atom. The highest BCUT2D eigenvalue weighted by atomic mass is 16.6. The molecule has 1 heteroatoms. The largest absolute Gasteiger partial charge is 0.458 e. The summed E-state index contributed by atoms with van der Waals surface area (Å²) in [6.07, 6.45) is 4.89. The van der Waals surface area contributed by atoms with Gasteiger partial charge in [0, 0.05) is 11.8 Å². The van der Waals surface area contributed by atoms with Gasteiger partial charge in [-0.15, -0.1) is 0 Å². The molecule has 2 bridgehead atoms. The number of rotatable bonds is 0. The first-order valence-corrected chi connectivity index (χ1v) is 3.97. The fourth-order valence-corrected chi connectivity index (χ4v) is 2.36. The van der Waals surface area contributed by atoms with Crippen molar-refractivity contribution in [3.05, 3.63) is 23.2 Å². The molecule has 2 aliphatic carbocycles. The van der Waals surface area contributed by atoms with Crippen LogP contribution in [0.3, 0.4) is 0 Å². The molecule has 2 atom stereocenters. The Morgan fingerprint density at radius 2 is 2.40 bits per heavy atom. The molecule has 1 fully saturated rings. The summed E-state index contributed by atoms with van der Waals surface area (Å²) in [5, 5.41) is 0. The summed E-state index contributed by atoms with van der Waals surface area (Å²) in [6, 6.07) is 0. The minimum absolute atomic E-state index is 0.713. The van der Waals surface area contributed by atoms with E-state index in [0.717, 1.165) is 5.92 Å². The van der Waals surface area contributed by atoms with Gasteiger partial charge in [0.1, 0.15) is 11.5 Å². The summed E-state index contributed by atoms with van der Waals surface area (Å²) >= 11 is 0. The Kier molecular flexibility index (Phi) is 0.657. The molecule has 0 amide bonds. The Bertz CT molecular complexity index is 260. The van der Waals surface area contributed by atoms with Gasteiger partial charge in [0.05, 0.1) is 0 Å². The lowest BCUT2D eigenvalue weighted by Gasteiger charge is -2.02. The van der Waals surface area contributed by atoms with E-state index in [1.54, 1.807) is 5.57 Å². The van der Waals surface area contributed by atoms with E-state index in [1.807, 2.05) is 0 Å². The molecule has 0 aromatic carbocycles. The maximum atomic E-state index is 5.36. The maximum Gasteiger partial charge on any atom is 0.149 e. The van der Waals surface area contributed by atoms with Gasteiger partial charge in [-0.25, -0.2) is 0 Å². The van der Waals surface area contributed by atoms with E-state index in [0.29, 0.717) is 5.92 Å². The molecule has 1 saturated carbocycles. The van der Waals surface area contributed by atoms with Crippen LogP contribution in [-0.2, 0) is 4.74 Å². The zero-order chi connectivity index (χ0) is 6.72. The lowest BCUT2D eigenvalue weighted by molar-refractivity contribution is 0.348. The van der Waals surface area contributed by atoms with Crippen LogP contribution in [0.5, 0.6) is 0 Å². The van der Waals surface area contributed by atoms with Gasteiger partial charge in [-0.3, -0.25) is 0 Å². The zero-order valence-electron chi connectivity index (χ0n) is 6.05. The van der Waals surface area contributed by atoms with Crippen LogP contribution in [0, 0.1) is 11.8 Å². The lowest BCUT2D eigenvalue weighted by atomic mass is 10.0. The minimum Gasteiger partial charge on any atom is -0.458 e. The summed E-state index contributed by atoms with van der Waals surface area (Å²) < 4.78 is 5.36. The van der Waals surface area contributed by atoms with Crippen molar-refractivity contribution in [3.8, 4) is 0 Å². The fraction of sp³-hybridized carbons (Fsp3) is 0.556. The van der Waals surface area contributed by atoms with E-state index in [2.05, 4.69) is 13.0 Å². The van der Waals surface area contributed by atoms with Crippen LogP contribution >= 0.6 is 0 Å². The van der Waals surface area contributed by atoms with Crippen molar-refractivity contribution in [1.29, 1.82) is 0 Å². The molecule has 10 heavy (non-hydrogen) atoms. The second-order valence-electron chi connectivity index (χ2n) is 3.38. The predicted octanol–water partition coefficient (Wildman–Crippen LogP) is 2.21. The second kappa shape index (κ2) is 1.31. The molecule has 1 nitrogen and oxygen atoms in total. The summed E-state index contributed by atoms with van der Waals surface area (Å²) in [5.74, 6) is 4.16. The zero-order valence-corrected chi connectivity index (χ0v) is 6.05. The Balaban J connectivity index is 2.07. The molecule has 1 heterocycles. The summed E-state index contributed by atoms with van der Waals surface area (Å²) in [7, 11) is 0. The van der Waals surface area contributed by atoms with Gasteiger partial charge >= 0.3 is 0 Å². The summed E-state index contributed by atoms with van der Waals surface area (Å²) in [6.45, 7) is 2.14. The van der Waals surface area contributed by atoms with Crippen molar-refractivity contribution in [2.75, 3.05) is 0 Å². The quantitative estimate of drug-likeness (QED) is 0.463. The van der Waals surface area contributed by atoms with Crippen molar-refractivity contribution in [1.82, 2.24) is 0 Å². The van der Waals surface area contributed by atoms with Crippen LogP contribution in [0.1, 0.15) is 19.8 Å². The van der Waals surface area contributed by atoms with Crippen LogP contribution in [0.4, 0.5) is 0 Å². The van der Waals surface area contributed by atoms with Gasteiger partial charge in [0.15, 0.2) is 0 Å². The summed E-state index contributed by atoms with van der Waals surface area (Å²) in [5.41, 5.74) is 1.61. The first kappa shape index (κ1) is 5.00. The standard InChI is InChI=1S/C9H10O/c1-2-5-3-6-4-7(5)9-8(6)10-9/h2,6-7H,3-4H2,1H3. The smallest absolute Gasteiger partial charge is 0.149 e. The SMILES string of the molecule is CC=C1CC2CC1C1=C2O1. The molecule has 3 rings (SSSR count). The van der Waals surface area contributed by atoms with Crippen molar-refractivity contribution < 1.29 is 4.74 Å². The normalized spacial score (nSPS) is 44.3. The maximum absolute atomic E-state index is 5.36. The predicted molar refractivity (Wildman–Crippen MR) is 38.1 cm³/mol. The van der Waals surface area contributed by atoms with Crippen molar-refractivity contribution in [2.45, 2.75) is 19.8 Å². The molecule has 0 N–H and O–H groups in total. The average Bonchev–Trinajstić information content (AvgIpc) is 2.58. The third kappa shape index (κ3) is 0.386. The third-order valence-corrected chi connectivity index (χ3v) is 2.93. The van der Waals surface area contributed by atoms with Crippen LogP contribution in [0.25, 0.3) is 0 Å². The highest BCUT2D eigenvalue weighted by Crippen LogP contribution is 2.60. The van der Waals surface area contributed by atoms with E-state index < -0.39 is 0 Å². The molecule has 0 aromatic heterocycles. The van der Waals surface area contributed by atoms with Crippen molar-refractivity contribution in [2.24, 2.45) is 11.8 Å². The van der Waals surface area contributed by atoms with Gasteiger partial charge in [0.25, 0.3) is 0 Å². The highest BCUT2D eigenvalue weighted by molar-refractivity contribution is 5.42. The number of allylic oxidation sites excluding steroid dienone is 3. The molecule has 52 valence electrons. The number of hydrogen-bond acceptors (Lipinski definition) is 1. The van der Waals surface area contributed by atoms with Gasteiger partial charge in [-0.2, -0.15) is 0 Å². The molecule has 2 unspecified atom stereocenters. The molecule has 0 radical (unpaired) electrons. The summed E-state index contributed by atoms with van der Waals surface area (Å²) in [4.78, 5) is 0. The first-order chi connectivity index (χ1) is 4.90. The third-order valence-electron chi connectivity index (χ3n) is 2.93. The van der Waals surface area contributed by atoms with Crippen LogP contribution in [-0.4, -0.2) is 0 Å².